The molecule has 0 aliphatic heterocycles. The van der Waals surface area contributed by atoms with Gasteiger partial charge in [0, 0.05) is 24.3 Å². The van der Waals surface area contributed by atoms with Crippen molar-refractivity contribution >= 4 is 41.0 Å². The van der Waals surface area contributed by atoms with E-state index in [2.05, 4.69) is 5.32 Å². The summed E-state index contributed by atoms with van der Waals surface area (Å²) in [7, 11) is 1.82. The number of ether oxygens (including phenoxy) is 1. The first-order valence-corrected chi connectivity index (χ1v) is 10.9. The van der Waals surface area contributed by atoms with E-state index in [1.165, 1.54) is 25.1 Å². The van der Waals surface area contributed by atoms with Crippen LogP contribution in [0.3, 0.4) is 0 Å². The van der Waals surface area contributed by atoms with Crippen molar-refractivity contribution in [3.8, 4) is 0 Å². The number of Topliss-reactive ketones (excluding diaryl/α,β-unsaturated/α-hetero) is 1. The molecule has 1 N–H and O–H groups in total. The second-order valence-electron chi connectivity index (χ2n) is 7.14. The molecule has 0 bridgehead atoms. The fourth-order valence-corrected chi connectivity index (χ4v) is 3.93. The molecule has 2 amide bonds. The molecule has 158 valence electrons. The summed E-state index contributed by atoms with van der Waals surface area (Å²) in [5, 5.41) is 2.58. The molecule has 2 rings (SSSR count). The molecule has 0 spiro atoms. The number of thioether (sulfide) groups is 1. The summed E-state index contributed by atoms with van der Waals surface area (Å²) >= 11 is 1.19. The van der Waals surface area contributed by atoms with Gasteiger partial charge in [-0.15, -0.1) is 11.8 Å². The van der Waals surface area contributed by atoms with E-state index in [1.807, 2.05) is 7.05 Å². The van der Waals surface area contributed by atoms with E-state index < -0.39 is 18.5 Å². The first-order valence-electron chi connectivity index (χ1n) is 9.76. The van der Waals surface area contributed by atoms with Gasteiger partial charge in [-0.1, -0.05) is 31.4 Å². The van der Waals surface area contributed by atoms with Crippen molar-refractivity contribution in [3.05, 3.63) is 29.8 Å². The smallest absolute Gasteiger partial charge is 0.316 e. The van der Waals surface area contributed by atoms with Crippen LogP contribution in [0.25, 0.3) is 0 Å². The Balaban J connectivity index is 1.65. The first kappa shape index (κ1) is 22.9. The molecule has 0 atom stereocenters. The number of ketones is 1. The van der Waals surface area contributed by atoms with Crippen molar-refractivity contribution in [1.82, 2.24) is 4.90 Å². The third-order valence-corrected chi connectivity index (χ3v) is 5.77. The van der Waals surface area contributed by atoms with Gasteiger partial charge in [0.05, 0.1) is 11.5 Å². The van der Waals surface area contributed by atoms with Gasteiger partial charge >= 0.3 is 5.97 Å². The number of carbonyl (C=O) groups is 4. The first-order chi connectivity index (χ1) is 13.9. The predicted octanol–water partition coefficient (Wildman–Crippen LogP) is 2.90. The van der Waals surface area contributed by atoms with Gasteiger partial charge in [-0.2, -0.15) is 0 Å². The minimum absolute atomic E-state index is 0.0113. The van der Waals surface area contributed by atoms with Gasteiger partial charge in [0.25, 0.3) is 5.91 Å². The van der Waals surface area contributed by atoms with Crippen LogP contribution in [0.15, 0.2) is 24.3 Å². The molecule has 0 radical (unpaired) electrons. The van der Waals surface area contributed by atoms with Crippen molar-refractivity contribution in [3.63, 3.8) is 0 Å². The molecule has 1 aromatic rings. The van der Waals surface area contributed by atoms with Crippen LogP contribution in [0.4, 0.5) is 5.69 Å². The molecule has 29 heavy (non-hydrogen) atoms. The molecule has 1 aromatic carbocycles. The second-order valence-corrected chi connectivity index (χ2v) is 8.12. The third kappa shape index (κ3) is 7.89. The Labute approximate surface area is 175 Å². The minimum Gasteiger partial charge on any atom is -0.455 e. The Morgan fingerprint density at radius 3 is 2.55 bits per heavy atom. The highest BCUT2D eigenvalue weighted by atomic mass is 32.2. The number of nitrogens with one attached hydrogen (secondary N) is 1. The van der Waals surface area contributed by atoms with E-state index in [4.69, 9.17) is 4.74 Å². The lowest BCUT2D eigenvalue weighted by atomic mass is 9.94. The molecular formula is C21H28N2O5S. The maximum absolute atomic E-state index is 12.2. The summed E-state index contributed by atoms with van der Waals surface area (Å²) in [5.41, 5.74) is 0.948. The number of nitrogens with zero attached hydrogens (tertiary/aromatic N) is 1. The van der Waals surface area contributed by atoms with E-state index in [-0.39, 0.29) is 23.2 Å². The summed E-state index contributed by atoms with van der Waals surface area (Å²) in [5.74, 6) is -0.900. The van der Waals surface area contributed by atoms with E-state index in [9.17, 15) is 19.2 Å². The standard InChI is InChI=1S/C21H28N2O5S/c1-15(24)16-7-6-8-17(11-16)22-19(25)12-28-21(27)14-29-13-20(26)23(2)18-9-4-3-5-10-18/h6-8,11,18H,3-5,9-10,12-14H2,1-2H3,(H,22,25). The highest BCUT2D eigenvalue weighted by Gasteiger charge is 2.22. The van der Waals surface area contributed by atoms with Crippen LogP contribution in [0.2, 0.25) is 0 Å². The highest BCUT2D eigenvalue weighted by Crippen LogP contribution is 2.22. The van der Waals surface area contributed by atoms with Gasteiger partial charge in [0.2, 0.25) is 5.91 Å². The predicted molar refractivity (Wildman–Crippen MR) is 113 cm³/mol. The molecule has 0 saturated heterocycles. The Hall–Kier alpha value is -2.35. The zero-order chi connectivity index (χ0) is 21.2. The van der Waals surface area contributed by atoms with Crippen molar-refractivity contribution in [2.24, 2.45) is 0 Å². The van der Waals surface area contributed by atoms with E-state index in [1.54, 1.807) is 29.2 Å². The molecule has 1 saturated carbocycles. The molecule has 7 nitrogen and oxygen atoms in total. The SMILES string of the molecule is CC(=O)c1cccc(NC(=O)COC(=O)CSCC(=O)N(C)C2CCCCC2)c1. The zero-order valence-corrected chi connectivity index (χ0v) is 17.8. The van der Waals surface area contributed by atoms with Crippen molar-refractivity contribution in [2.75, 3.05) is 30.5 Å². The average molecular weight is 421 g/mol. The molecule has 8 heteroatoms. The van der Waals surface area contributed by atoms with Crippen LogP contribution < -0.4 is 5.32 Å². The van der Waals surface area contributed by atoms with Crippen molar-refractivity contribution in [2.45, 2.75) is 45.1 Å². The molecule has 0 heterocycles. The van der Waals surface area contributed by atoms with Gasteiger partial charge in [-0.25, -0.2) is 0 Å². The quantitative estimate of drug-likeness (QED) is 0.488. The van der Waals surface area contributed by atoms with E-state index in [0.717, 1.165) is 25.7 Å². The van der Waals surface area contributed by atoms with Crippen LogP contribution >= 0.6 is 11.8 Å². The molecule has 0 unspecified atom stereocenters. The van der Waals surface area contributed by atoms with Crippen LogP contribution in [-0.4, -0.2) is 59.7 Å². The fourth-order valence-electron chi connectivity index (χ4n) is 3.20. The Kier molecular flexibility index (Phi) is 9.18. The number of esters is 1. The summed E-state index contributed by atoms with van der Waals surface area (Å²) in [6.45, 7) is 1.03. The lowest BCUT2D eigenvalue weighted by molar-refractivity contribution is -0.144. The fraction of sp³-hybridized carbons (Fsp3) is 0.524. The van der Waals surface area contributed by atoms with Gasteiger partial charge in [0.1, 0.15) is 0 Å². The number of rotatable bonds is 9. The summed E-state index contributed by atoms with van der Waals surface area (Å²) in [6.07, 6.45) is 5.62. The van der Waals surface area contributed by atoms with Crippen LogP contribution in [-0.2, 0) is 19.1 Å². The van der Waals surface area contributed by atoms with Gasteiger partial charge in [-0.3, -0.25) is 19.2 Å². The van der Waals surface area contributed by atoms with E-state index in [0.29, 0.717) is 17.3 Å². The Bertz CT molecular complexity index is 746. The number of hydrogen-bond donors (Lipinski definition) is 1. The summed E-state index contributed by atoms with van der Waals surface area (Å²) < 4.78 is 4.95. The minimum atomic E-state index is -0.546. The lowest BCUT2D eigenvalue weighted by Crippen LogP contribution is -2.39. The van der Waals surface area contributed by atoms with Gasteiger partial charge in [0.15, 0.2) is 12.4 Å². The number of anilines is 1. The maximum atomic E-state index is 12.2. The van der Waals surface area contributed by atoms with Gasteiger partial charge < -0.3 is 15.0 Å². The number of carbonyl (C=O) groups excluding carboxylic acids is 4. The third-order valence-electron chi connectivity index (χ3n) is 4.88. The van der Waals surface area contributed by atoms with Gasteiger partial charge in [-0.05, 0) is 31.9 Å². The summed E-state index contributed by atoms with van der Waals surface area (Å²) in [4.78, 5) is 49.1. The number of hydrogen-bond acceptors (Lipinski definition) is 6. The van der Waals surface area contributed by atoms with Crippen molar-refractivity contribution in [1.29, 1.82) is 0 Å². The Morgan fingerprint density at radius 2 is 1.86 bits per heavy atom. The molecular weight excluding hydrogens is 392 g/mol. The van der Waals surface area contributed by atoms with Crippen molar-refractivity contribution < 1.29 is 23.9 Å². The lowest BCUT2D eigenvalue weighted by Gasteiger charge is -2.31. The molecule has 1 aliphatic rings. The van der Waals surface area contributed by atoms with E-state index >= 15 is 0 Å². The number of amides is 2. The number of benzene rings is 1. The highest BCUT2D eigenvalue weighted by molar-refractivity contribution is 8.00. The van der Waals surface area contributed by atoms with Crippen LogP contribution in [0, 0.1) is 0 Å². The monoisotopic (exact) mass is 420 g/mol. The molecule has 1 fully saturated rings. The van der Waals surface area contributed by atoms with Crippen LogP contribution in [0.1, 0.15) is 49.4 Å². The maximum Gasteiger partial charge on any atom is 0.316 e. The Morgan fingerprint density at radius 1 is 1.14 bits per heavy atom. The second kappa shape index (κ2) is 11.6. The normalized spacial score (nSPS) is 14.1. The largest absolute Gasteiger partial charge is 0.455 e. The zero-order valence-electron chi connectivity index (χ0n) is 16.9. The topological polar surface area (TPSA) is 92.8 Å². The molecule has 1 aliphatic carbocycles. The van der Waals surface area contributed by atoms with Crippen LogP contribution in [0.5, 0.6) is 0 Å². The average Bonchev–Trinajstić information content (AvgIpc) is 2.72. The molecule has 0 aromatic heterocycles. The summed E-state index contributed by atoms with van der Waals surface area (Å²) in [6, 6.07) is 6.83.